The number of nitrogens with one attached hydrogen (secondary N) is 2. The molecule has 21 heavy (non-hydrogen) atoms. The van der Waals surface area contributed by atoms with Crippen LogP contribution in [0.15, 0.2) is 0 Å². The van der Waals surface area contributed by atoms with Crippen LogP contribution in [0, 0.1) is 0 Å². The van der Waals surface area contributed by atoms with Crippen LogP contribution in [0.25, 0.3) is 0 Å². The van der Waals surface area contributed by atoms with E-state index < -0.39 is 10.0 Å². The van der Waals surface area contributed by atoms with E-state index in [0.29, 0.717) is 6.04 Å². The smallest absolute Gasteiger partial charge is 0.211 e. The predicted octanol–water partition coefficient (Wildman–Crippen LogP) is 1.31. The molecular formula is C15H31N3O2S. The second kappa shape index (κ2) is 8.46. The fourth-order valence-electron chi connectivity index (χ4n) is 3.49. The lowest BCUT2D eigenvalue weighted by atomic mass is 9.99. The Morgan fingerprint density at radius 3 is 2.81 bits per heavy atom. The third kappa shape index (κ3) is 5.85. The van der Waals surface area contributed by atoms with Crippen LogP contribution in [0.1, 0.15) is 51.9 Å². The summed E-state index contributed by atoms with van der Waals surface area (Å²) < 4.78 is 27.2. The number of rotatable bonds is 9. The predicted molar refractivity (Wildman–Crippen MR) is 86.9 cm³/mol. The van der Waals surface area contributed by atoms with E-state index in [1.807, 2.05) is 0 Å². The molecule has 2 fully saturated rings. The second-order valence-electron chi connectivity index (χ2n) is 6.45. The minimum absolute atomic E-state index is 0.160. The molecule has 6 heteroatoms. The van der Waals surface area contributed by atoms with Gasteiger partial charge in [-0.25, -0.2) is 13.1 Å². The second-order valence-corrected chi connectivity index (χ2v) is 8.32. The van der Waals surface area contributed by atoms with E-state index in [2.05, 4.69) is 21.9 Å². The highest BCUT2D eigenvalue weighted by Gasteiger charge is 2.33. The van der Waals surface area contributed by atoms with Crippen molar-refractivity contribution in [3.05, 3.63) is 0 Å². The molecule has 2 heterocycles. The van der Waals surface area contributed by atoms with Crippen molar-refractivity contribution in [3.8, 4) is 0 Å². The third-order valence-electron chi connectivity index (χ3n) is 4.61. The summed E-state index contributed by atoms with van der Waals surface area (Å²) in [6.07, 6.45) is 7.28. The lowest BCUT2D eigenvalue weighted by molar-refractivity contribution is 0.176. The molecule has 2 rings (SSSR count). The van der Waals surface area contributed by atoms with Crippen LogP contribution in [-0.4, -0.2) is 57.3 Å². The van der Waals surface area contributed by atoms with E-state index in [-0.39, 0.29) is 11.8 Å². The first-order valence-corrected chi connectivity index (χ1v) is 10.2. The Kier molecular flexibility index (Phi) is 6.92. The van der Waals surface area contributed by atoms with Gasteiger partial charge in [0.1, 0.15) is 0 Å². The minimum atomic E-state index is -3.10. The highest BCUT2D eigenvalue weighted by Crippen LogP contribution is 2.27. The van der Waals surface area contributed by atoms with Crippen molar-refractivity contribution in [3.63, 3.8) is 0 Å². The first-order valence-electron chi connectivity index (χ1n) is 8.55. The van der Waals surface area contributed by atoms with Crippen LogP contribution in [0.5, 0.6) is 0 Å². The molecule has 2 unspecified atom stereocenters. The molecule has 0 radical (unpaired) electrons. The van der Waals surface area contributed by atoms with Crippen LogP contribution >= 0.6 is 0 Å². The van der Waals surface area contributed by atoms with Crippen LogP contribution in [0.3, 0.4) is 0 Å². The van der Waals surface area contributed by atoms with E-state index >= 15 is 0 Å². The molecule has 0 aromatic rings. The average molecular weight is 317 g/mol. The van der Waals surface area contributed by atoms with Crippen LogP contribution in [0.4, 0.5) is 0 Å². The van der Waals surface area contributed by atoms with Crippen molar-refractivity contribution in [2.75, 3.05) is 31.9 Å². The Balaban J connectivity index is 1.64. The third-order valence-corrected chi connectivity index (χ3v) is 6.13. The molecule has 0 saturated carbocycles. The first-order chi connectivity index (χ1) is 10.1. The molecule has 2 saturated heterocycles. The van der Waals surface area contributed by atoms with E-state index in [4.69, 9.17) is 0 Å². The van der Waals surface area contributed by atoms with Gasteiger partial charge in [-0.2, -0.15) is 0 Å². The number of nitrogens with zero attached hydrogens (tertiary/aromatic N) is 1. The zero-order valence-electron chi connectivity index (χ0n) is 13.3. The van der Waals surface area contributed by atoms with Gasteiger partial charge >= 0.3 is 0 Å². The standard InChI is InChI=1S/C15H31N3O2S/c1-2-8-16-9-3-4-12-21(19,20)17-14-7-11-18-10-5-6-15(18)13-14/h14-17H,2-13H2,1H3. The first kappa shape index (κ1) is 17.2. The zero-order chi connectivity index (χ0) is 15.1. The summed E-state index contributed by atoms with van der Waals surface area (Å²) in [4.78, 5) is 2.52. The van der Waals surface area contributed by atoms with E-state index in [1.165, 1.54) is 19.4 Å². The monoisotopic (exact) mass is 317 g/mol. The fraction of sp³-hybridized carbons (Fsp3) is 1.00. The van der Waals surface area contributed by atoms with E-state index in [1.54, 1.807) is 0 Å². The van der Waals surface area contributed by atoms with Crippen molar-refractivity contribution in [1.82, 2.24) is 14.9 Å². The van der Waals surface area contributed by atoms with Crippen LogP contribution in [-0.2, 0) is 10.0 Å². The lowest BCUT2D eigenvalue weighted by Gasteiger charge is -2.34. The van der Waals surface area contributed by atoms with Gasteiger partial charge in [-0.3, -0.25) is 0 Å². The molecule has 2 aliphatic rings. The van der Waals surface area contributed by atoms with Crippen molar-refractivity contribution in [2.45, 2.75) is 64.0 Å². The maximum Gasteiger partial charge on any atom is 0.211 e. The van der Waals surface area contributed by atoms with Crippen molar-refractivity contribution in [1.29, 1.82) is 0 Å². The fourth-order valence-corrected chi connectivity index (χ4v) is 4.91. The summed E-state index contributed by atoms with van der Waals surface area (Å²) in [5.74, 6) is 0.270. The summed E-state index contributed by atoms with van der Waals surface area (Å²) in [5, 5.41) is 3.31. The summed E-state index contributed by atoms with van der Waals surface area (Å²) in [5.41, 5.74) is 0. The number of fused-ring (bicyclic) bond motifs is 1. The van der Waals surface area contributed by atoms with Gasteiger partial charge in [0.2, 0.25) is 10.0 Å². The van der Waals surface area contributed by atoms with Crippen molar-refractivity contribution >= 4 is 10.0 Å². The van der Waals surface area contributed by atoms with Crippen LogP contribution < -0.4 is 10.0 Å². The molecule has 0 bridgehead atoms. The van der Waals surface area contributed by atoms with Gasteiger partial charge in [-0.15, -0.1) is 0 Å². The summed E-state index contributed by atoms with van der Waals surface area (Å²) in [7, 11) is -3.10. The maximum atomic E-state index is 12.1. The van der Waals surface area contributed by atoms with Gasteiger partial charge in [0.05, 0.1) is 5.75 Å². The Morgan fingerprint density at radius 2 is 2.00 bits per heavy atom. The van der Waals surface area contributed by atoms with E-state index in [0.717, 1.165) is 51.7 Å². The van der Waals surface area contributed by atoms with Crippen LogP contribution in [0.2, 0.25) is 0 Å². The van der Waals surface area contributed by atoms with Crippen molar-refractivity contribution < 1.29 is 8.42 Å². The summed E-state index contributed by atoms with van der Waals surface area (Å²) >= 11 is 0. The molecule has 5 nitrogen and oxygen atoms in total. The highest BCUT2D eigenvalue weighted by molar-refractivity contribution is 7.89. The molecule has 0 aromatic heterocycles. The molecule has 2 N–H and O–H groups in total. The molecule has 0 aromatic carbocycles. The molecule has 0 amide bonds. The Hall–Kier alpha value is -0.170. The van der Waals surface area contributed by atoms with Crippen molar-refractivity contribution in [2.24, 2.45) is 0 Å². The Morgan fingerprint density at radius 1 is 1.14 bits per heavy atom. The van der Waals surface area contributed by atoms with Gasteiger partial charge in [-0.1, -0.05) is 6.92 Å². The number of sulfonamides is 1. The quantitative estimate of drug-likeness (QED) is 0.630. The average Bonchev–Trinajstić information content (AvgIpc) is 2.89. The summed E-state index contributed by atoms with van der Waals surface area (Å²) in [6.45, 7) is 6.33. The largest absolute Gasteiger partial charge is 0.317 e. The Labute approximate surface area is 129 Å². The zero-order valence-corrected chi connectivity index (χ0v) is 14.1. The molecular weight excluding hydrogens is 286 g/mol. The molecule has 0 aliphatic carbocycles. The van der Waals surface area contributed by atoms with Gasteiger partial charge in [-0.05, 0) is 71.1 Å². The van der Waals surface area contributed by atoms with Gasteiger partial charge < -0.3 is 10.2 Å². The number of hydrogen-bond acceptors (Lipinski definition) is 4. The molecule has 2 atom stereocenters. The number of unbranched alkanes of at least 4 members (excludes halogenated alkanes) is 1. The van der Waals surface area contributed by atoms with Gasteiger partial charge in [0, 0.05) is 12.1 Å². The number of hydrogen-bond donors (Lipinski definition) is 2. The molecule has 124 valence electrons. The Bertz CT molecular complexity index is 400. The lowest BCUT2D eigenvalue weighted by Crippen LogP contribution is -2.47. The maximum absolute atomic E-state index is 12.1. The summed E-state index contributed by atoms with van der Waals surface area (Å²) in [6, 6.07) is 0.775. The highest BCUT2D eigenvalue weighted by atomic mass is 32.2. The molecule has 0 spiro atoms. The minimum Gasteiger partial charge on any atom is -0.317 e. The van der Waals surface area contributed by atoms with Gasteiger partial charge in [0.25, 0.3) is 0 Å². The topological polar surface area (TPSA) is 61.4 Å². The normalized spacial score (nSPS) is 26.9. The van der Waals surface area contributed by atoms with E-state index in [9.17, 15) is 8.42 Å². The molecule has 2 aliphatic heterocycles. The number of piperidine rings is 1. The van der Waals surface area contributed by atoms with Gasteiger partial charge in [0.15, 0.2) is 0 Å². The SMILES string of the molecule is CCCNCCCCS(=O)(=O)NC1CCN2CCCC2C1.